The van der Waals surface area contributed by atoms with E-state index in [1.54, 1.807) is 0 Å². The van der Waals surface area contributed by atoms with E-state index in [2.05, 4.69) is 0 Å². The molecule has 0 heterocycles. The van der Waals surface area contributed by atoms with E-state index in [9.17, 15) is 4.57 Å². The zero-order valence-corrected chi connectivity index (χ0v) is 7.98. The molecule has 0 saturated heterocycles. The number of hydrogen-bond acceptors (Lipinski definition) is 1. The fourth-order valence-corrected chi connectivity index (χ4v) is 1.92. The van der Waals surface area contributed by atoms with Gasteiger partial charge in [-0.15, -0.1) is 0 Å². The molecule has 0 N–H and O–H groups in total. The van der Waals surface area contributed by atoms with Crippen LogP contribution in [0.5, 0.6) is 0 Å². The van der Waals surface area contributed by atoms with Crippen LogP contribution in [0.15, 0.2) is 0 Å². The van der Waals surface area contributed by atoms with Crippen LogP contribution >= 0.6 is 8.46 Å². The Morgan fingerprint density at radius 3 is 2.55 bits per heavy atom. The molecule has 0 aromatic rings. The first-order valence-corrected chi connectivity index (χ1v) is 5.72. The molecule has 1 aliphatic carbocycles. The predicted octanol–water partition coefficient (Wildman–Crippen LogP) is 3.64. The van der Waals surface area contributed by atoms with Crippen molar-refractivity contribution in [1.82, 2.24) is 0 Å². The number of hydrogen-bond donors (Lipinski definition) is 0. The maximum atomic E-state index is 10.1. The normalized spacial score (nSPS) is 18.5. The highest BCUT2D eigenvalue weighted by molar-refractivity contribution is 7.23. The van der Waals surface area contributed by atoms with Gasteiger partial charge in [-0.1, -0.05) is 38.5 Å². The molecule has 11 heavy (non-hydrogen) atoms. The minimum atomic E-state index is 0.329. The average molecular weight is 172 g/mol. The molecule has 64 valence electrons. The van der Waals surface area contributed by atoms with Crippen molar-refractivity contribution in [3.63, 3.8) is 0 Å². The van der Waals surface area contributed by atoms with Crippen LogP contribution in [0, 0.1) is 5.92 Å². The first-order chi connectivity index (χ1) is 5.43. The van der Waals surface area contributed by atoms with E-state index >= 15 is 0 Å². The second kappa shape index (κ2) is 5.71. The fourth-order valence-electron chi connectivity index (χ4n) is 1.57. The lowest BCUT2D eigenvalue weighted by molar-refractivity contribution is 0.287. The Labute approximate surface area is 70.8 Å². The molecule has 0 aliphatic heterocycles. The Kier molecular flexibility index (Phi) is 4.77. The van der Waals surface area contributed by atoms with Crippen LogP contribution in [-0.4, -0.2) is 6.16 Å². The second-order valence-corrected chi connectivity index (χ2v) is 4.20. The summed E-state index contributed by atoms with van der Waals surface area (Å²) in [4.78, 5) is 0. The lowest BCUT2D eigenvalue weighted by atomic mass is 9.82. The van der Waals surface area contributed by atoms with Crippen LogP contribution in [0.25, 0.3) is 0 Å². The zero-order chi connectivity index (χ0) is 7.94. The summed E-state index contributed by atoms with van der Waals surface area (Å²) >= 11 is 0. The van der Waals surface area contributed by atoms with Gasteiger partial charge in [0.1, 0.15) is 0 Å². The van der Waals surface area contributed by atoms with Gasteiger partial charge in [0.15, 0.2) is 8.46 Å². The summed E-state index contributed by atoms with van der Waals surface area (Å²) in [5.41, 5.74) is 0. The Balaban J connectivity index is 1.76. The Morgan fingerprint density at radius 1 is 1.18 bits per heavy atom. The van der Waals surface area contributed by atoms with Crippen LogP contribution in [0.1, 0.15) is 44.9 Å². The largest absolute Gasteiger partial charge is 0.275 e. The van der Waals surface area contributed by atoms with Crippen molar-refractivity contribution in [1.29, 1.82) is 0 Å². The number of unbranched alkanes of at least 4 members (excludes halogenated alkanes) is 2. The molecular weight excluding hydrogens is 155 g/mol. The van der Waals surface area contributed by atoms with E-state index in [4.69, 9.17) is 0 Å². The fraction of sp³-hybridized carbons (Fsp3) is 1.00. The van der Waals surface area contributed by atoms with Gasteiger partial charge in [0.25, 0.3) is 0 Å². The quantitative estimate of drug-likeness (QED) is 0.441. The van der Waals surface area contributed by atoms with E-state index in [1.807, 2.05) is 0 Å². The van der Waals surface area contributed by atoms with Crippen molar-refractivity contribution in [3.8, 4) is 0 Å². The minimum absolute atomic E-state index is 0.329. The molecule has 2 heteroatoms. The van der Waals surface area contributed by atoms with Crippen molar-refractivity contribution in [2.75, 3.05) is 6.16 Å². The highest BCUT2D eigenvalue weighted by atomic mass is 31.1. The maximum Gasteiger partial charge on any atom is 0.155 e. The SMILES string of the molecule is O=PCCCCCC1CCC1. The molecule has 0 aromatic heterocycles. The summed E-state index contributed by atoms with van der Waals surface area (Å²) in [6, 6.07) is 0. The summed E-state index contributed by atoms with van der Waals surface area (Å²) in [5.74, 6) is 1.06. The lowest BCUT2D eigenvalue weighted by Gasteiger charge is -2.24. The van der Waals surface area contributed by atoms with Gasteiger partial charge in [-0.2, -0.15) is 0 Å². The van der Waals surface area contributed by atoms with Crippen LogP contribution in [0.3, 0.4) is 0 Å². The van der Waals surface area contributed by atoms with Crippen LogP contribution in [0.2, 0.25) is 0 Å². The molecule has 0 radical (unpaired) electrons. The number of rotatable bonds is 6. The van der Waals surface area contributed by atoms with E-state index in [0.29, 0.717) is 8.46 Å². The van der Waals surface area contributed by atoms with Gasteiger partial charge >= 0.3 is 0 Å². The summed E-state index contributed by atoms with van der Waals surface area (Å²) in [7, 11) is 0.329. The first kappa shape index (κ1) is 9.19. The molecule has 0 bridgehead atoms. The van der Waals surface area contributed by atoms with Gasteiger partial charge < -0.3 is 0 Å². The van der Waals surface area contributed by atoms with Gasteiger partial charge in [-0.05, 0) is 12.3 Å². The molecule has 0 unspecified atom stereocenters. The van der Waals surface area contributed by atoms with Crippen LogP contribution < -0.4 is 0 Å². The van der Waals surface area contributed by atoms with E-state index in [0.717, 1.165) is 18.5 Å². The van der Waals surface area contributed by atoms with E-state index in [-0.39, 0.29) is 0 Å². The Bertz CT molecular complexity index is 110. The van der Waals surface area contributed by atoms with Gasteiger partial charge in [0.2, 0.25) is 0 Å². The monoisotopic (exact) mass is 172 g/mol. The predicted molar refractivity (Wildman–Crippen MR) is 48.3 cm³/mol. The third-order valence-corrected chi connectivity index (χ3v) is 3.09. The van der Waals surface area contributed by atoms with Crippen molar-refractivity contribution in [2.45, 2.75) is 44.9 Å². The summed E-state index contributed by atoms with van der Waals surface area (Å²) in [5, 5.41) is 0. The van der Waals surface area contributed by atoms with E-state index in [1.165, 1.54) is 38.5 Å². The maximum absolute atomic E-state index is 10.1. The molecule has 0 amide bonds. The van der Waals surface area contributed by atoms with Crippen molar-refractivity contribution in [2.24, 2.45) is 5.92 Å². The standard InChI is InChI=1S/C9H17OP/c10-11-8-3-1-2-5-9-6-4-7-9/h9H,1-8H2. The summed E-state index contributed by atoms with van der Waals surface area (Å²) in [6.45, 7) is 0. The molecule has 1 rings (SSSR count). The molecular formula is C9H17OP. The van der Waals surface area contributed by atoms with Crippen LogP contribution in [0.4, 0.5) is 0 Å². The summed E-state index contributed by atoms with van der Waals surface area (Å²) in [6.07, 6.45) is 10.5. The van der Waals surface area contributed by atoms with Crippen molar-refractivity contribution in [3.05, 3.63) is 0 Å². The van der Waals surface area contributed by atoms with Gasteiger partial charge in [0.05, 0.1) is 0 Å². The average Bonchev–Trinajstić information content (AvgIpc) is 1.93. The molecule has 1 saturated carbocycles. The van der Waals surface area contributed by atoms with Gasteiger partial charge in [0, 0.05) is 6.16 Å². The lowest BCUT2D eigenvalue weighted by Crippen LogP contribution is -2.10. The molecule has 0 aromatic carbocycles. The molecule has 1 nitrogen and oxygen atoms in total. The second-order valence-electron chi connectivity index (χ2n) is 3.50. The molecule has 1 fully saturated rings. The highest BCUT2D eigenvalue weighted by Crippen LogP contribution is 2.30. The third-order valence-electron chi connectivity index (χ3n) is 2.59. The minimum Gasteiger partial charge on any atom is -0.275 e. The van der Waals surface area contributed by atoms with Crippen molar-refractivity contribution < 1.29 is 4.57 Å². The highest BCUT2D eigenvalue weighted by Gasteiger charge is 2.15. The third kappa shape index (κ3) is 3.86. The van der Waals surface area contributed by atoms with Gasteiger partial charge in [-0.3, -0.25) is 4.57 Å². The smallest absolute Gasteiger partial charge is 0.155 e. The van der Waals surface area contributed by atoms with E-state index < -0.39 is 0 Å². The molecule has 0 atom stereocenters. The van der Waals surface area contributed by atoms with Crippen molar-refractivity contribution >= 4 is 8.46 Å². The Morgan fingerprint density at radius 2 is 2.00 bits per heavy atom. The zero-order valence-electron chi connectivity index (χ0n) is 7.09. The summed E-state index contributed by atoms with van der Waals surface area (Å²) < 4.78 is 10.1. The van der Waals surface area contributed by atoms with Gasteiger partial charge in [-0.25, -0.2) is 0 Å². The molecule has 0 spiro atoms. The topological polar surface area (TPSA) is 17.1 Å². The molecule has 1 aliphatic rings. The first-order valence-electron chi connectivity index (χ1n) is 4.72. The van der Waals surface area contributed by atoms with Crippen LogP contribution in [-0.2, 0) is 4.57 Å². The Hall–Kier alpha value is 0.100.